The van der Waals surface area contributed by atoms with Gasteiger partial charge in [-0.2, -0.15) is 5.26 Å². The van der Waals surface area contributed by atoms with Gasteiger partial charge >= 0.3 is 5.97 Å². The van der Waals surface area contributed by atoms with Gasteiger partial charge in [0, 0.05) is 30.3 Å². The van der Waals surface area contributed by atoms with Gasteiger partial charge in [-0.3, -0.25) is 0 Å². The minimum atomic E-state index is -0.963. The summed E-state index contributed by atoms with van der Waals surface area (Å²) >= 11 is 0. The van der Waals surface area contributed by atoms with Gasteiger partial charge in [-0.05, 0) is 35.9 Å². The first kappa shape index (κ1) is 21.5. The number of aromatic nitrogens is 3. The molecule has 2 aromatic heterocycles. The summed E-state index contributed by atoms with van der Waals surface area (Å²) in [6, 6.07) is 22.7. The molecule has 0 radical (unpaired) electrons. The molecule has 0 aliphatic heterocycles. The van der Waals surface area contributed by atoms with Crippen LogP contribution in [0.4, 0.5) is 5.82 Å². The zero-order valence-electron chi connectivity index (χ0n) is 17.4. The van der Waals surface area contributed by atoms with E-state index in [1.54, 1.807) is 30.3 Å². The van der Waals surface area contributed by atoms with Crippen molar-refractivity contribution in [3.63, 3.8) is 0 Å². The van der Waals surface area contributed by atoms with Gasteiger partial charge in [0.25, 0.3) is 0 Å². The molecule has 2 heterocycles. The summed E-state index contributed by atoms with van der Waals surface area (Å²) < 4.78 is 5.70. The van der Waals surface area contributed by atoms with Crippen molar-refractivity contribution in [3.8, 4) is 29.0 Å². The number of nitriles is 1. The van der Waals surface area contributed by atoms with Crippen LogP contribution in [0.1, 0.15) is 11.1 Å². The van der Waals surface area contributed by atoms with Gasteiger partial charge in [0.1, 0.15) is 23.9 Å². The van der Waals surface area contributed by atoms with E-state index in [0.29, 0.717) is 35.1 Å². The van der Waals surface area contributed by atoms with Gasteiger partial charge in [-0.1, -0.05) is 30.3 Å². The average Bonchev–Trinajstić information content (AvgIpc) is 2.85. The number of pyridine rings is 1. The second kappa shape index (κ2) is 10.0. The van der Waals surface area contributed by atoms with E-state index in [1.165, 1.54) is 12.5 Å². The fraction of sp³-hybridized carbons (Fsp3) is 0.0800. The number of hydrogen-bond donors (Lipinski definition) is 2. The van der Waals surface area contributed by atoms with Crippen LogP contribution < -0.4 is 10.1 Å². The Labute approximate surface area is 190 Å². The van der Waals surface area contributed by atoms with Crippen molar-refractivity contribution >= 4 is 11.8 Å². The van der Waals surface area contributed by atoms with Gasteiger partial charge in [0.05, 0.1) is 17.3 Å². The summed E-state index contributed by atoms with van der Waals surface area (Å²) in [5.74, 6) is 0.340. The maximum atomic E-state index is 11.7. The van der Waals surface area contributed by atoms with Crippen LogP contribution in [0, 0.1) is 11.3 Å². The molecule has 0 amide bonds. The Morgan fingerprint density at radius 3 is 2.55 bits per heavy atom. The topological polar surface area (TPSA) is 121 Å². The third-order valence-corrected chi connectivity index (χ3v) is 4.81. The first-order valence-electron chi connectivity index (χ1n) is 10.1. The highest BCUT2D eigenvalue weighted by atomic mass is 16.5. The van der Waals surface area contributed by atoms with Gasteiger partial charge in [-0.15, -0.1) is 0 Å². The number of aliphatic carboxylic acids is 1. The van der Waals surface area contributed by atoms with E-state index in [9.17, 15) is 9.90 Å². The number of benzene rings is 2. The monoisotopic (exact) mass is 437 g/mol. The average molecular weight is 437 g/mol. The van der Waals surface area contributed by atoms with Gasteiger partial charge in [0.2, 0.25) is 5.88 Å². The fourth-order valence-electron chi connectivity index (χ4n) is 3.17. The Bertz CT molecular complexity index is 1290. The van der Waals surface area contributed by atoms with E-state index in [0.717, 1.165) is 11.1 Å². The maximum absolute atomic E-state index is 11.7. The Hall–Kier alpha value is -4.77. The molecule has 0 bridgehead atoms. The van der Waals surface area contributed by atoms with Crippen molar-refractivity contribution in [2.24, 2.45) is 0 Å². The highest BCUT2D eigenvalue weighted by molar-refractivity contribution is 5.77. The Morgan fingerprint density at radius 2 is 1.82 bits per heavy atom. The zero-order valence-corrected chi connectivity index (χ0v) is 17.4. The molecule has 0 spiro atoms. The summed E-state index contributed by atoms with van der Waals surface area (Å²) in [5.41, 5.74) is 2.82. The molecule has 0 saturated carbocycles. The maximum Gasteiger partial charge on any atom is 0.326 e. The van der Waals surface area contributed by atoms with Crippen molar-refractivity contribution < 1.29 is 14.6 Å². The molecular weight excluding hydrogens is 418 g/mol. The Morgan fingerprint density at radius 1 is 1.03 bits per heavy atom. The number of carboxylic acid groups (broad SMARTS) is 1. The molecule has 33 heavy (non-hydrogen) atoms. The summed E-state index contributed by atoms with van der Waals surface area (Å²) in [5, 5.41) is 21.6. The largest absolute Gasteiger partial charge is 0.480 e. The predicted molar refractivity (Wildman–Crippen MR) is 122 cm³/mol. The summed E-state index contributed by atoms with van der Waals surface area (Å²) in [7, 11) is 0. The Balaban J connectivity index is 1.47. The van der Waals surface area contributed by atoms with Crippen LogP contribution in [0.25, 0.3) is 11.3 Å². The number of nitrogens with zero attached hydrogens (tertiary/aromatic N) is 4. The molecular formula is C25H19N5O3. The number of nitrogens with one attached hydrogen (secondary N) is 1. The molecule has 0 saturated heterocycles. The highest BCUT2D eigenvalue weighted by Gasteiger charge is 2.18. The molecule has 0 aliphatic rings. The van der Waals surface area contributed by atoms with Crippen LogP contribution >= 0.6 is 0 Å². The van der Waals surface area contributed by atoms with Crippen molar-refractivity contribution in [2.75, 3.05) is 5.32 Å². The lowest BCUT2D eigenvalue weighted by Crippen LogP contribution is -2.31. The quantitative estimate of drug-likeness (QED) is 0.418. The SMILES string of the molecule is N#Cc1ccnc(Oc2ccc(-c3cc(NC(Cc4ccccc4)C(=O)O)ncn3)cc2)c1. The van der Waals surface area contributed by atoms with Crippen molar-refractivity contribution in [1.29, 1.82) is 5.26 Å². The molecule has 0 fully saturated rings. The third kappa shape index (κ3) is 5.68. The Kier molecular flexibility index (Phi) is 6.52. The molecule has 8 heteroatoms. The van der Waals surface area contributed by atoms with E-state index in [-0.39, 0.29) is 0 Å². The molecule has 162 valence electrons. The van der Waals surface area contributed by atoms with Gasteiger partial charge in [-0.25, -0.2) is 19.7 Å². The first-order valence-corrected chi connectivity index (χ1v) is 10.1. The van der Waals surface area contributed by atoms with Crippen molar-refractivity contribution in [2.45, 2.75) is 12.5 Å². The molecule has 1 atom stereocenters. The van der Waals surface area contributed by atoms with E-state index >= 15 is 0 Å². The first-order chi connectivity index (χ1) is 16.1. The van der Waals surface area contributed by atoms with Crippen LogP contribution in [-0.4, -0.2) is 32.1 Å². The second-order valence-corrected chi connectivity index (χ2v) is 7.13. The minimum Gasteiger partial charge on any atom is -0.480 e. The van der Waals surface area contributed by atoms with Crippen LogP contribution in [0.5, 0.6) is 11.6 Å². The molecule has 0 aliphatic carbocycles. The highest BCUT2D eigenvalue weighted by Crippen LogP contribution is 2.25. The van der Waals surface area contributed by atoms with E-state index in [1.807, 2.05) is 48.5 Å². The van der Waals surface area contributed by atoms with Crippen molar-refractivity contribution in [1.82, 2.24) is 15.0 Å². The van der Waals surface area contributed by atoms with E-state index in [4.69, 9.17) is 10.00 Å². The number of carboxylic acids is 1. The number of carbonyl (C=O) groups is 1. The number of rotatable bonds is 8. The summed E-state index contributed by atoms with van der Waals surface area (Å²) in [4.78, 5) is 24.3. The predicted octanol–water partition coefficient (Wildman–Crippen LogP) is 4.31. The summed E-state index contributed by atoms with van der Waals surface area (Å²) in [6.07, 6.45) is 3.23. The lowest BCUT2D eigenvalue weighted by Gasteiger charge is -2.15. The number of anilines is 1. The lowest BCUT2D eigenvalue weighted by molar-refractivity contribution is -0.137. The zero-order chi connectivity index (χ0) is 23.0. The van der Waals surface area contributed by atoms with Crippen molar-refractivity contribution in [3.05, 3.63) is 96.4 Å². The standard InChI is InChI=1S/C25H19N5O3/c26-15-18-10-11-27-24(13-18)33-20-8-6-19(7-9-20)21-14-23(29-16-28-21)30-22(25(31)32)12-17-4-2-1-3-5-17/h1-11,13-14,16,22H,12H2,(H,31,32)(H,28,29,30). The molecule has 4 rings (SSSR count). The molecule has 8 nitrogen and oxygen atoms in total. The normalized spacial score (nSPS) is 11.2. The van der Waals surface area contributed by atoms with Crippen LogP contribution in [-0.2, 0) is 11.2 Å². The summed E-state index contributed by atoms with van der Waals surface area (Å²) in [6.45, 7) is 0. The van der Waals surface area contributed by atoms with Gasteiger partial charge < -0.3 is 15.2 Å². The second-order valence-electron chi connectivity index (χ2n) is 7.13. The molecule has 4 aromatic rings. The molecule has 1 unspecified atom stereocenters. The van der Waals surface area contributed by atoms with E-state index < -0.39 is 12.0 Å². The molecule has 2 N–H and O–H groups in total. The van der Waals surface area contributed by atoms with Crippen LogP contribution in [0.2, 0.25) is 0 Å². The smallest absolute Gasteiger partial charge is 0.326 e. The van der Waals surface area contributed by atoms with Crippen LogP contribution in [0.15, 0.2) is 85.3 Å². The van der Waals surface area contributed by atoms with Gasteiger partial charge in [0.15, 0.2) is 0 Å². The van der Waals surface area contributed by atoms with E-state index in [2.05, 4.69) is 20.3 Å². The molecule has 2 aromatic carbocycles. The lowest BCUT2D eigenvalue weighted by atomic mass is 10.1. The third-order valence-electron chi connectivity index (χ3n) is 4.81. The number of ether oxygens (including phenoxy) is 1. The van der Waals surface area contributed by atoms with Crippen LogP contribution in [0.3, 0.4) is 0 Å². The fourth-order valence-corrected chi connectivity index (χ4v) is 3.17. The minimum absolute atomic E-state index is 0.322. The number of hydrogen-bond acceptors (Lipinski definition) is 7.